The Morgan fingerprint density at radius 2 is 1.89 bits per heavy atom. The van der Waals surface area contributed by atoms with Crippen molar-refractivity contribution >= 4 is 34.6 Å². The van der Waals surface area contributed by atoms with Crippen LogP contribution in [-0.2, 0) is 0 Å². The third-order valence-corrected chi connectivity index (χ3v) is 3.28. The second kappa shape index (κ2) is 5.79. The van der Waals surface area contributed by atoms with Crippen molar-refractivity contribution in [1.82, 2.24) is 0 Å². The van der Waals surface area contributed by atoms with Crippen LogP contribution in [0.1, 0.15) is 10.4 Å². The van der Waals surface area contributed by atoms with Crippen molar-refractivity contribution in [3.63, 3.8) is 0 Å². The van der Waals surface area contributed by atoms with Gasteiger partial charge >= 0.3 is 0 Å². The van der Waals surface area contributed by atoms with E-state index in [1.54, 1.807) is 6.07 Å². The van der Waals surface area contributed by atoms with E-state index in [2.05, 4.69) is 22.6 Å². The number of para-hydroxylation sites is 1. The van der Waals surface area contributed by atoms with Gasteiger partial charge in [-0.2, -0.15) is 0 Å². The minimum absolute atomic E-state index is 0.141. The number of nitro groups is 1. The summed E-state index contributed by atoms with van der Waals surface area (Å²) >= 11 is 2.11. The van der Waals surface area contributed by atoms with Crippen LogP contribution in [0.3, 0.4) is 0 Å². The van der Waals surface area contributed by atoms with Gasteiger partial charge in [-0.3, -0.25) is 14.9 Å². The SMILES string of the molecule is O=Cc1cc([N+](=O)[O-])ccc1Oc1ccccc1I. The Hall–Kier alpha value is -1.96. The molecule has 0 saturated heterocycles. The van der Waals surface area contributed by atoms with Gasteiger partial charge in [0.1, 0.15) is 11.5 Å². The van der Waals surface area contributed by atoms with E-state index in [-0.39, 0.29) is 11.3 Å². The fourth-order valence-electron chi connectivity index (χ4n) is 1.48. The molecule has 19 heavy (non-hydrogen) atoms. The first-order valence-electron chi connectivity index (χ1n) is 5.28. The molecule has 2 rings (SSSR count). The van der Waals surface area contributed by atoms with Crippen molar-refractivity contribution in [1.29, 1.82) is 0 Å². The lowest BCUT2D eigenvalue weighted by Gasteiger charge is -2.09. The molecule has 0 N–H and O–H groups in total. The van der Waals surface area contributed by atoms with Crippen LogP contribution in [0.4, 0.5) is 5.69 Å². The highest BCUT2D eigenvalue weighted by molar-refractivity contribution is 14.1. The average Bonchev–Trinajstić information content (AvgIpc) is 2.41. The molecule has 0 bridgehead atoms. The van der Waals surface area contributed by atoms with E-state index >= 15 is 0 Å². The molecule has 2 aromatic rings. The lowest BCUT2D eigenvalue weighted by molar-refractivity contribution is -0.384. The van der Waals surface area contributed by atoms with Crippen LogP contribution < -0.4 is 4.74 Å². The topological polar surface area (TPSA) is 69.4 Å². The molecule has 0 fully saturated rings. The molecule has 0 amide bonds. The van der Waals surface area contributed by atoms with Crippen LogP contribution in [-0.4, -0.2) is 11.2 Å². The van der Waals surface area contributed by atoms with E-state index in [4.69, 9.17) is 4.74 Å². The van der Waals surface area contributed by atoms with Crippen LogP contribution in [0, 0.1) is 13.7 Å². The van der Waals surface area contributed by atoms with Crippen molar-refractivity contribution in [2.45, 2.75) is 0 Å². The Bertz CT molecular complexity index is 642. The molecule has 96 valence electrons. The maximum atomic E-state index is 11.0. The summed E-state index contributed by atoms with van der Waals surface area (Å²) in [4.78, 5) is 21.1. The van der Waals surface area contributed by atoms with Crippen molar-refractivity contribution in [3.05, 3.63) is 61.7 Å². The van der Waals surface area contributed by atoms with Crippen LogP contribution in [0.5, 0.6) is 11.5 Å². The normalized spacial score (nSPS) is 9.95. The highest BCUT2D eigenvalue weighted by atomic mass is 127. The maximum absolute atomic E-state index is 11.0. The maximum Gasteiger partial charge on any atom is 0.270 e. The second-order valence-corrected chi connectivity index (χ2v) is 4.79. The Morgan fingerprint density at radius 3 is 2.53 bits per heavy atom. The van der Waals surface area contributed by atoms with Gasteiger partial charge in [-0.15, -0.1) is 0 Å². The molecule has 0 atom stereocenters. The number of nitro benzene ring substituents is 1. The Balaban J connectivity index is 2.38. The molecular weight excluding hydrogens is 361 g/mol. The van der Waals surface area contributed by atoms with Crippen molar-refractivity contribution in [3.8, 4) is 11.5 Å². The van der Waals surface area contributed by atoms with Gasteiger partial charge < -0.3 is 4.74 Å². The van der Waals surface area contributed by atoms with Crippen molar-refractivity contribution in [2.75, 3.05) is 0 Å². The van der Waals surface area contributed by atoms with Crippen molar-refractivity contribution in [2.24, 2.45) is 0 Å². The van der Waals surface area contributed by atoms with E-state index in [1.807, 2.05) is 18.2 Å². The molecule has 0 aliphatic rings. The summed E-state index contributed by atoms with van der Waals surface area (Å²) in [7, 11) is 0. The number of benzene rings is 2. The lowest BCUT2D eigenvalue weighted by atomic mass is 10.2. The van der Waals surface area contributed by atoms with Crippen LogP contribution in [0.15, 0.2) is 42.5 Å². The zero-order valence-corrected chi connectivity index (χ0v) is 11.7. The quantitative estimate of drug-likeness (QED) is 0.356. The molecule has 0 radical (unpaired) electrons. The zero-order chi connectivity index (χ0) is 13.8. The summed E-state index contributed by atoms with van der Waals surface area (Å²) in [6.45, 7) is 0. The van der Waals surface area contributed by atoms with Crippen LogP contribution >= 0.6 is 22.6 Å². The van der Waals surface area contributed by atoms with Gasteiger partial charge in [-0.1, -0.05) is 12.1 Å². The van der Waals surface area contributed by atoms with E-state index in [1.165, 1.54) is 18.2 Å². The molecule has 2 aromatic carbocycles. The first-order chi connectivity index (χ1) is 9.11. The van der Waals surface area contributed by atoms with E-state index in [9.17, 15) is 14.9 Å². The predicted molar refractivity (Wildman–Crippen MR) is 77.7 cm³/mol. The number of nitrogens with zero attached hydrogens (tertiary/aromatic N) is 1. The zero-order valence-electron chi connectivity index (χ0n) is 9.58. The highest BCUT2D eigenvalue weighted by Gasteiger charge is 2.12. The number of halogens is 1. The number of hydrogen-bond acceptors (Lipinski definition) is 4. The van der Waals surface area contributed by atoms with Gasteiger partial charge in [0.25, 0.3) is 5.69 Å². The van der Waals surface area contributed by atoms with E-state index in [0.717, 1.165) is 3.57 Å². The number of ether oxygens (including phenoxy) is 1. The molecule has 6 heteroatoms. The number of carbonyl (C=O) groups is 1. The standard InChI is InChI=1S/C13H8INO4/c14-11-3-1-2-4-13(11)19-12-6-5-10(15(17)18)7-9(12)8-16/h1-8H. The Labute approximate surface area is 122 Å². The van der Waals surface area contributed by atoms with Gasteiger partial charge in [0.05, 0.1) is 14.1 Å². The van der Waals surface area contributed by atoms with Gasteiger partial charge in [0.2, 0.25) is 0 Å². The van der Waals surface area contributed by atoms with Crippen molar-refractivity contribution < 1.29 is 14.5 Å². The molecule has 0 aliphatic heterocycles. The smallest absolute Gasteiger partial charge is 0.270 e. The third kappa shape index (κ3) is 3.08. The summed E-state index contributed by atoms with van der Waals surface area (Å²) in [6, 6.07) is 11.2. The summed E-state index contributed by atoms with van der Waals surface area (Å²) in [6.07, 6.45) is 0.540. The second-order valence-electron chi connectivity index (χ2n) is 3.63. The minimum Gasteiger partial charge on any atom is -0.455 e. The van der Waals surface area contributed by atoms with E-state index < -0.39 is 4.92 Å². The fraction of sp³-hybridized carbons (Fsp3) is 0. The summed E-state index contributed by atoms with van der Waals surface area (Å²) < 4.78 is 6.49. The van der Waals surface area contributed by atoms with E-state index in [0.29, 0.717) is 17.8 Å². The lowest BCUT2D eigenvalue weighted by Crippen LogP contribution is -1.95. The number of rotatable bonds is 4. The van der Waals surface area contributed by atoms with Gasteiger partial charge in [-0.25, -0.2) is 0 Å². The summed E-state index contributed by atoms with van der Waals surface area (Å²) in [5, 5.41) is 10.6. The first-order valence-corrected chi connectivity index (χ1v) is 6.35. The van der Waals surface area contributed by atoms with Gasteiger partial charge in [0.15, 0.2) is 6.29 Å². The van der Waals surface area contributed by atoms with Gasteiger partial charge in [0, 0.05) is 12.1 Å². The highest BCUT2D eigenvalue weighted by Crippen LogP contribution is 2.30. The third-order valence-electron chi connectivity index (χ3n) is 2.39. The van der Waals surface area contributed by atoms with Crippen LogP contribution in [0.2, 0.25) is 0 Å². The predicted octanol–water partition coefficient (Wildman–Crippen LogP) is 3.80. The Morgan fingerprint density at radius 1 is 1.16 bits per heavy atom. The van der Waals surface area contributed by atoms with Gasteiger partial charge in [-0.05, 0) is 40.8 Å². The number of non-ortho nitro benzene ring substituents is 1. The molecule has 0 saturated carbocycles. The minimum atomic E-state index is -0.553. The molecule has 5 nitrogen and oxygen atoms in total. The molecule has 0 unspecified atom stereocenters. The molecular formula is C13H8INO4. The number of aldehydes is 1. The molecule has 0 aromatic heterocycles. The summed E-state index contributed by atoms with van der Waals surface area (Å²) in [5.74, 6) is 0.893. The summed E-state index contributed by atoms with van der Waals surface area (Å²) in [5.41, 5.74) is 0.00561. The monoisotopic (exact) mass is 369 g/mol. The Kier molecular flexibility index (Phi) is 4.10. The molecule has 0 spiro atoms. The first kappa shape index (κ1) is 13.5. The number of hydrogen-bond donors (Lipinski definition) is 0. The molecule has 0 heterocycles. The fourth-order valence-corrected chi connectivity index (χ4v) is 1.98. The van der Waals surface area contributed by atoms with Crippen LogP contribution in [0.25, 0.3) is 0 Å². The average molecular weight is 369 g/mol. The molecule has 0 aliphatic carbocycles. The largest absolute Gasteiger partial charge is 0.455 e. The number of carbonyl (C=O) groups excluding carboxylic acids is 1.